The van der Waals surface area contributed by atoms with Crippen molar-refractivity contribution in [3.05, 3.63) is 35.7 Å². The van der Waals surface area contributed by atoms with E-state index in [2.05, 4.69) is 14.9 Å². The Labute approximate surface area is 164 Å². The molecule has 4 rings (SSSR count). The molecule has 0 amide bonds. The van der Waals surface area contributed by atoms with Gasteiger partial charge in [0.1, 0.15) is 35.6 Å². The Bertz CT molecular complexity index is 847. The lowest BCUT2D eigenvalue weighted by Gasteiger charge is -2.35. The molecule has 1 aromatic heterocycles. The van der Waals surface area contributed by atoms with Crippen LogP contribution in [0.2, 0.25) is 0 Å². The van der Waals surface area contributed by atoms with E-state index in [-0.39, 0.29) is 12.6 Å². The molecular weight excluding hydrogens is 360 g/mol. The summed E-state index contributed by atoms with van der Waals surface area (Å²) in [4.78, 5) is 13.0. The standard InChI is InChI=1S/C20H26N4O4/c1-27-16-5-6-17(28-2)20-14(16)9-23(10-15(20)26)18-8-19(22-12-21-18)24-7-3-4-13(24)11-25/h5-6,8,12-13,15,25-26H,3-4,7,9-11H2,1-2H3/t13-,15-/m1/s1. The number of fused-ring (bicyclic) bond motifs is 1. The van der Waals surface area contributed by atoms with Gasteiger partial charge < -0.3 is 29.5 Å². The highest BCUT2D eigenvalue weighted by Gasteiger charge is 2.31. The van der Waals surface area contributed by atoms with Crippen molar-refractivity contribution in [2.75, 3.05) is 43.7 Å². The van der Waals surface area contributed by atoms with E-state index in [1.807, 2.05) is 23.1 Å². The van der Waals surface area contributed by atoms with E-state index in [9.17, 15) is 10.2 Å². The van der Waals surface area contributed by atoms with Gasteiger partial charge in [0.05, 0.1) is 33.4 Å². The SMILES string of the molecule is COc1ccc(OC)c2c1CN(c1cc(N3CCC[C@@H]3CO)ncn1)C[C@H]2O. The second-order valence-corrected chi connectivity index (χ2v) is 7.17. The van der Waals surface area contributed by atoms with Crippen LogP contribution in [0.4, 0.5) is 11.6 Å². The first-order valence-corrected chi connectivity index (χ1v) is 9.52. The maximum absolute atomic E-state index is 10.8. The monoisotopic (exact) mass is 386 g/mol. The van der Waals surface area contributed by atoms with Crippen LogP contribution in [0.1, 0.15) is 30.1 Å². The van der Waals surface area contributed by atoms with Gasteiger partial charge in [-0.15, -0.1) is 0 Å². The molecule has 8 nitrogen and oxygen atoms in total. The molecule has 0 bridgehead atoms. The zero-order valence-corrected chi connectivity index (χ0v) is 16.2. The second kappa shape index (κ2) is 7.81. The number of ether oxygens (including phenoxy) is 2. The zero-order chi connectivity index (χ0) is 19.7. The summed E-state index contributed by atoms with van der Waals surface area (Å²) in [6, 6.07) is 5.70. The van der Waals surface area contributed by atoms with E-state index < -0.39 is 6.10 Å². The van der Waals surface area contributed by atoms with Gasteiger partial charge >= 0.3 is 0 Å². The predicted molar refractivity (Wildman–Crippen MR) is 105 cm³/mol. The molecule has 28 heavy (non-hydrogen) atoms. The van der Waals surface area contributed by atoms with Crippen molar-refractivity contribution in [1.82, 2.24) is 9.97 Å². The fraction of sp³-hybridized carbons (Fsp3) is 0.500. The van der Waals surface area contributed by atoms with E-state index in [1.165, 1.54) is 0 Å². The van der Waals surface area contributed by atoms with Crippen molar-refractivity contribution >= 4 is 11.6 Å². The summed E-state index contributed by atoms with van der Waals surface area (Å²) in [7, 11) is 3.23. The molecule has 2 aliphatic rings. The summed E-state index contributed by atoms with van der Waals surface area (Å²) in [5.41, 5.74) is 1.67. The molecule has 1 aromatic carbocycles. The lowest BCUT2D eigenvalue weighted by atomic mass is 9.95. The van der Waals surface area contributed by atoms with Crippen molar-refractivity contribution in [2.45, 2.75) is 31.5 Å². The maximum atomic E-state index is 10.8. The average Bonchev–Trinajstić information content (AvgIpc) is 3.22. The van der Waals surface area contributed by atoms with Crippen LogP contribution in [-0.2, 0) is 6.54 Å². The lowest BCUT2D eigenvalue weighted by molar-refractivity contribution is 0.169. The van der Waals surface area contributed by atoms with Gasteiger partial charge in [-0.25, -0.2) is 9.97 Å². The van der Waals surface area contributed by atoms with Crippen molar-refractivity contribution in [3.63, 3.8) is 0 Å². The average molecular weight is 386 g/mol. The molecular formula is C20H26N4O4. The number of rotatable bonds is 5. The Morgan fingerprint density at radius 3 is 2.64 bits per heavy atom. The normalized spacial score (nSPS) is 21.6. The summed E-state index contributed by atoms with van der Waals surface area (Å²) in [6.45, 7) is 1.94. The number of nitrogens with zero attached hydrogens (tertiary/aromatic N) is 4. The van der Waals surface area contributed by atoms with E-state index >= 15 is 0 Å². The van der Waals surface area contributed by atoms with Crippen molar-refractivity contribution in [2.24, 2.45) is 0 Å². The summed E-state index contributed by atoms with van der Waals surface area (Å²) < 4.78 is 11.0. The highest BCUT2D eigenvalue weighted by molar-refractivity contribution is 5.57. The number of hydrogen-bond donors (Lipinski definition) is 2. The first-order chi connectivity index (χ1) is 13.7. The van der Waals surface area contributed by atoms with Gasteiger partial charge in [-0.1, -0.05) is 0 Å². The van der Waals surface area contributed by atoms with E-state index in [0.717, 1.165) is 42.1 Å². The van der Waals surface area contributed by atoms with Crippen LogP contribution < -0.4 is 19.3 Å². The molecule has 1 saturated heterocycles. The molecule has 3 heterocycles. The number of anilines is 2. The first kappa shape index (κ1) is 18.8. The molecule has 0 saturated carbocycles. The number of aromatic nitrogens is 2. The lowest BCUT2D eigenvalue weighted by Crippen LogP contribution is -2.36. The van der Waals surface area contributed by atoms with Crippen LogP contribution in [0.25, 0.3) is 0 Å². The zero-order valence-electron chi connectivity index (χ0n) is 16.2. The molecule has 0 spiro atoms. The molecule has 8 heteroatoms. The second-order valence-electron chi connectivity index (χ2n) is 7.17. The maximum Gasteiger partial charge on any atom is 0.134 e. The Balaban J connectivity index is 1.66. The third-order valence-corrected chi connectivity index (χ3v) is 5.63. The predicted octanol–water partition coefficient (Wildman–Crippen LogP) is 1.51. The topological polar surface area (TPSA) is 91.2 Å². The Morgan fingerprint density at radius 1 is 1.14 bits per heavy atom. The minimum atomic E-state index is -0.718. The molecule has 2 atom stereocenters. The Kier molecular flexibility index (Phi) is 5.23. The van der Waals surface area contributed by atoms with Crippen molar-refractivity contribution in [3.8, 4) is 11.5 Å². The van der Waals surface area contributed by atoms with Crippen LogP contribution in [0.3, 0.4) is 0 Å². The van der Waals surface area contributed by atoms with Gasteiger partial charge in [0, 0.05) is 30.3 Å². The van der Waals surface area contributed by atoms with Gasteiger partial charge in [0.15, 0.2) is 0 Å². The summed E-state index contributed by atoms with van der Waals surface area (Å²) in [5.74, 6) is 2.92. The fourth-order valence-corrected chi connectivity index (χ4v) is 4.25. The fourth-order valence-electron chi connectivity index (χ4n) is 4.25. The third-order valence-electron chi connectivity index (χ3n) is 5.63. The number of benzene rings is 1. The van der Waals surface area contributed by atoms with E-state index in [0.29, 0.717) is 24.6 Å². The quantitative estimate of drug-likeness (QED) is 0.799. The van der Waals surface area contributed by atoms with Gasteiger partial charge in [0.25, 0.3) is 0 Å². The first-order valence-electron chi connectivity index (χ1n) is 9.52. The molecule has 0 radical (unpaired) electrons. The van der Waals surface area contributed by atoms with Crippen LogP contribution in [0.5, 0.6) is 11.5 Å². The number of aliphatic hydroxyl groups excluding tert-OH is 2. The van der Waals surface area contributed by atoms with E-state index in [1.54, 1.807) is 20.5 Å². The highest BCUT2D eigenvalue weighted by Crippen LogP contribution is 2.40. The molecule has 1 fully saturated rings. The molecule has 2 N–H and O–H groups in total. The molecule has 0 unspecified atom stereocenters. The van der Waals surface area contributed by atoms with E-state index in [4.69, 9.17) is 9.47 Å². The van der Waals surface area contributed by atoms with Crippen LogP contribution in [-0.4, -0.2) is 60.1 Å². The van der Waals surface area contributed by atoms with Crippen LogP contribution in [0, 0.1) is 0 Å². The van der Waals surface area contributed by atoms with Crippen LogP contribution >= 0.6 is 0 Å². The van der Waals surface area contributed by atoms with Gasteiger partial charge in [0.2, 0.25) is 0 Å². The van der Waals surface area contributed by atoms with Crippen molar-refractivity contribution in [1.29, 1.82) is 0 Å². The van der Waals surface area contributed by atoms with Gasteiger partial charge in [-0.05, 0) is 25.0 Å². The molecule has 2 aromatic rings. The third kappa shape index (κ3) is 3.22. The Morgan fingerprint density at radius 2 is 1.89 bits per heavy atom. The molecule has 2 aliphatic heterocycles. The summed E-state index contributed by atoms with van der Waals surface area (Å²) >= 11 is 0. The largest absolute Gasteiger partial charge is 0.496 e. The summed E-state index contributed by atoms with van der Waals surface area (Å²) in [6.07, 6.45) is 2.83. The minimum Gasteiger partial charge on any atom is -0.496 e. The minimum absolute atomic E-state index is 0.0970. The van der Waals surface area contributed by atoms with Crippen molar-refractivity contribution < 1.29 is 19.7 Å². The number of methoxy groups -OCH3 is 2. The molecule has 150 valence electrons. The molecule has 0 aliphatic carbocycles. The van der Waals surface area contributed by atoms with Crippen LogP contribution in [0.15, 0.2) is 24.5 Å². The van der Waals surface area contributed by atoms with Gasteiger partial charge in [-0.3, -0.25) is 0 Å². The summed E-state index contributed by atoms with van der Waals surface area (Å²) in [5, 5.41) is 20.4. The van der Waals surface area contributed by atoms with Gasteiger partial charge in [-0.2, -0.15) is 0 Å². The Hall–Kier alpha value is -2.58. The number of β-amino-alcohol motifs (C(OH)–C–C–N with tert-alkyl or cyclic N) is 1. The highest BCUT2D eigenvalue weighted by atomic mass is 16.5. The number of aliphatic hydroxyl groups is 2. The number of hydrogen-bond acceptors (Lipinski definition) is 8. The smallest absolute Gasteiger partial charge is 0.134 e.